The van der Waals surface area contributed by atoms with Crippen LogP contribution in [0.1, 0.15) is 18.1 Å². The van der Waals surface area contributed by atoms with Gasteiger partial charge in [0.15, 0.2) is 0 Å². The molecule has 1 rings (SSSR count). The minimum atomic E-state index is -0.935. The molecule has 0 spiro atoms. The summed E-state index contributed by atoms with van der Waals surface area (Å²) in [5.74, 6) is -0.935. The number of rotatable bonds is 3. The summed E-state index contributed by atoms with van der Waals surface area (Å²) < 4.78 is 0. The van der Waals surface area contributed by atoms with Crippen molar-refractivity contribution in [1.82, 2.24) is 0 Å². The van der Waals surface area contributed by atoms with Gasteiger partial charge in [0.05, 0.1) is 6.61 Å². The Balaban J connectivity index is 0.000000325. The lowest BCUT2D eigenvalue weighted by molar-refractivity contribution is -0.132. The zero-order valence-electron chi connectivity index (χ0n) is 9.31. The molecule has 0 saturated carbocycles. The van der Waals surface area contributed by atoms with Gasteiger partial charge in [0.1, 0.15) is 0 Å². The summed E-state index contributed by atoms with van der Waals surface area (Å²) in [5.41, 5.74) is 2.19. The number of aliphatic carboxylic acids is 1. The molecule has 16 heavy (non-hydrogen) atoms. The molecule has 0 amide bonds. The normalized spacial score (nSPS) is 8.62. The number of hydrogen-bond acceptors (Lipinski definition) is 2. The lowest BCUT2D eigenvalue weighted by Gasteiger charge is -1.94. The van der Waals surface area contributed by atoms with Gasteiger partial charge >= 0.3 is 5.97 Å². The molecule has 86 valence electrons. The average Bonchev–Trinajstić information content (AvgIpc) is 2.30. The number of hydrogen-bond donors (Lipinski definition) is 2. The highest BCUT2D eigenvalue weighted by atomic mass is 16.4. The minimum Gasteiger partial charge on any atom is -0.478 e. The summed E-state index contributed by atoms with van der Waals surface area (Å²) in [6.45, 7) is 8.33. The second kappa shape index (κ2) is 7.43. The lowest BCUT2D eigenvalue weighted by atomic mass is 10.1. The van der Waals surface area contributed by atoms with E-state index in [1.807, 2.05) is 24.3 Å². The van der Waals surface area contributed by atoms with E-state index in [4.69, 9.17) is 10.2 Å². The van der Waals surface area contributed by atoms with Crippen molar-refractivity contribution in [1.29, 1.82) is 0 Å². The standard InChI is InChI=1S/C9H10O.C4H6O2/c1-2-8-3-5-9(7-10)6-4-8;1-3(2)4(5)6/h2-6,10H,1,7H2;1H2,2H3,(H,5,6). The number of aliphatic hydroxyl groups excluding tert-OH is 1. The monoisotopic (exact) mass is 220 g/mol. The first kappa shape index (κ1) is 14.1. The van der Waals surface area contributed by atoms with Crippen LogP contribution in [0.4, 0.5) is 0 Å². The molecule has 1 aromatic carbocycles. The maximum Gasteiger partial charge on any atom is 0.330 e. The molecule has 0 unspecified atom stereocenters. The van der Waals surface area contributed by atoms with E-state index in [0.717, 1.165) is 11.1 Å². The van der Waals surface area contributed by atoms with E-state index in [9.17, 15) is 4.79 Å². The molecule has 0 heterocycles. The molecule has 3 heteroatoms. The molecule has 0 bridgehead atoms. The summed E-state index contributed by atoms with van der Waals surface area (Å²) in [7, 11) is 0. The Kier molecular flexibility index (Phi) is 6.56. The SMILES string of the molecule is C=C(C)C(=O)O.C=Cc1ccc(CO)cc1. The van der Waals surface area contributed by atoms with Crippen LogP contribution in [0.5, 0.6) is 0 Å². The topological polar surface area (TPSA) is 57.5 Å². The van der Waals surface area contributed by atoms with Crippen LogP contribution in [0.2, 0.25) is 0 Å². The Morgan fingerprint density at radius 2 is 1.81 bits per heavy atom. The van der Waals surface area contributed by atoms with Crippen molar-refractivity contribution in [3.63, 3.8) is 0 Å². The van der Waals surface area contributed by atoms with Gasteiger partial charge in [0, 0.05) is 5.57 Å². The van der Waals surface area contributed by atoms with Gasteiger partial charge < -0.3 is 10.2 Å². The van der Waals surface area contributed by atoms with Crippen LogP contribution in [-0.4, -0.2) is 16.2 Å². The zero-order valence-corrected chi connectivity index (χ0v) is 9.31. The number of aliphatic hydroxyl groups is 1. The highest BCUT2D eigenvalue weighted by Crippen LogP contribution is 2.04. The average molecular weight is 220 g/mol. The smallest absolute Gasteiger partial charge is 0.330 e. The summed E-state index contributed by atoms with van der Waals surface area (Å²) in [5, 5.41) is 16.6. The molecule has 0 fully saturated rings. The molecular formula is C13H16O3. The van der Waals surface area contributed by atoms with Gasteiger partial charge in [0.25, 0.3) is 0 Å². The maximum absolute atomic E-state index is 9.60. The van der Waals surface area contributed by atoms with E-state index >= 15 is 0 Å². The van der Waals surface area contributed by atoms with Crippen LogP contribution in [0.3, 0.4) is 0 Å². The molecular weight excluding hydrogens is 204 g/mol. The van der Waals surface area contributed by atoms with E-state index in [1.54, 1.807) is 6.08 Å². The van der Waals surface area contributed by atoms with Crippen LogP contribution < -0.4 is 0 Å². The second-order valence-electron chi connectivity index (χ2n) is 3.19. The Hall–Kier alpha value is -1.87. The second-order valence-corrected chi connectivity index (χ2v) is 3.19. The van der Waals surface area contributed by atoms with Crippen LogP contribution in [0.15, 0.2) is 43.0 Å². The molecule has 0 radical (unpaired) electrons. The first-order chi connectivity index (χ1) is 7.51. The molecule has 2 N–H and O–H groups in total. The summed E-state index contributed by atoms with van der Waals surface area (Å²) >= 11 is 0. The fraction of sp³-hybridized carbons (Fsp3) is 0.154. The van der Waals surface area contributed by atoms with E-state index in [-0.39, 0.29) is 12.2 Å². The number of carboxylic acids is 1. The van der Waals surface area contributed by atoms with Gasteiger partial charge in [0.2, 0.25) is 0 Å². The Bertz CT molecular complexity index is 351. The Labute approximate surface area is 95.4 Å². The van der Waals surface area contributed by atoms with Crippen molar-refractivity contribution in [2.75, 3.05) is 0 Å². The van der Waals surface area contributed by atoms with Gasteiger partial charge in [-0.2, -0.15) is 0 Å². The van der Waals surface area contributed by atoms with Gasteiger partial charge in [-0.05, 0) is 18.1 Å². The van der Waals surface area contributed by atoms with Crippen LogP contribution in [-0.2, 0) is 11.4 Å². The largest absolute Gasteiger partial charge is 0.478 e. The van der Waals surface area contributed by atoms with Crippen molar-refractivity contribution >= 4 is 12.0 Å². The van der Waals surface area contributed by atoms with E-state index < -0.39 is 5.97 Å². The first-order valence-electron chi connectivity index (χ1n) is 4.72. The molecule has 0 aliphatic heterocycles. The molecule has 0 saturated heterocycles. The molecule has 0 aliphatic carbocycles. The fourth-order valence-electron chi connectivity index (χ4n) is 0.759. The van der Waals surface area contributed by atoms with Crippen LogP contribution in [0.25, 0.3) is 6.08 Å². The number of carboxylic acid groups (broad SMARTS) is 1. The molecule has 0 atom stereocenters. The third kappa shape index (κ3) is 5.78. The van der Waals surface area contributed by atoms with Crippen molar-refractivity contribution < 1.29 is 15.0 Å². The van der Waals surface area contributed by atoms with Crippen molar-refractivity contribution in [2.45, 2.75) is 13.5 Å². The van der Waals surface area contributed by atoms with Crippen LogP contribution in [0, 0.1) is 0 Å². The quantitative estimate of drug-likeness (QED) is 0.769. The van der Waals surface area contributed by atoms with Gasteiger partial charge in [-0.15, -0.1) is 0 Å². The Morgan fingerprint density at radius 3 is 2.06 bits per heavy atom. The summed E-state index contributed by atoms with van der Waals surface area (Å²) in [6, 6.07) is 7.63. The zero-order chi connectivity index (χ0) is 12.6. The van der Waals surface area contributed by atoms with Gasteiger partial charge in [-0.1, -0.05) is 43.5 Å². The highest BCUT2D eigenvalue weighted by Gasteiger charge is 1.90. The fourth-order valence-corrected chi connectivity index (χ4v) is 0.759. The molecule has 1 aromatic rings. The van der Waals surface area contributed by atoms with E-state index in [1.165, 1.54) is 6.92 Å². The predicted molar refractivity (Wildman–Crippen MR) is 64.9 cm³/mol. The molecule has 0 aliphatic rings. The Morgan fingerprint density at radius 1 is 1.38 bits per heavy atom. The maximum atomic E-state index is 9.60. The summed E-state index contributed by atoms with van der Waals surface area (Å²) in [4.78, 5) is 9.60. The minimum absolute atomic E-state index is 0.109. The number of carbonyl (C=O) groups is 1. The summed E-state index contributed by atoms with van der Waals surface area (Å²) in [6.07, 6.45) is 1.78. The third-order valence-corrected chi connectivity index (χ3v) is 1.76. The van der Waals surface area contributed by atoms with Gasteiger partial charge in [-0.3, -0.25) is 0 Å². The first-order valence-corrected chi connectivity index (χ1v) is 4.72. The highest BCUT2D eigenvalue weighted by molar-refractivity contribution is 5.84. The van der Waals surface area contributed by atoms with Crippen molar-refractivity contribution in [2.24, 2.45) is 0 Å². The van der Waals surface area contributed by atoms with Crippen molar-refractivity contribution in [3.05, 3.63) is 54.1 Å². The number of benzene rings is 1. The molecule has 3 nitrogen and oxygen atoms in total. The van der Waals surface area contributed by atoms with Crippen LogP contribution >= 0.6 is 0 Å². The lowest BCUT2D eigenvalue weighted by Crippen LogP contribution is -1.92. The molecule has 0 aromatic heterocycles. The third-order valence-electron chi connectivity index (χ3n) is 1.76. The van der Waals surface area contributed by atoms with E-state index in [2.05, 4.69) is 13.2 Å². The van der Waals surface area contributed by atoms with E-state index in [0.29, 0.717) is 0 Å². The predicted octanol–water partition coefficient (Wildman–Crippen LogP) is 2.47. The van der Waals surface area contributed by atoms with Gasteiger partial charge in [-0.25, -0.2) is 4.79 Å². The van der Waals surface area contributed by atoms with Crippen molar-refractivity contribution in [3.8, 4) is 0 Å².